The average Bonchev–Trinajstić information content (AvgIpc) is 3.19. The highest BCUT2D eigenvalue weighted by Gasteiger charge is 2.30. The molecule has 0 saturated heterocycles. The van der Waals surface area contributed by atoms with Gasteiger partial charge in [0.1, 0.15) is 4.99 Å². The van der Waals surface area contributed by atoms with Gasteiger partial charge in [0.05, 0.1) is 4.90 Å². The molecule has 1 aromatic carbocycles. The Hall–Kier alpha value is -0.980. The molecule has 0 aromatic heterocycles. The van der Waals surface area contributed by atoms with Crippen molar-refractivity contribution >= 4 is 27.2 Å². The summed E-state index contributed by atoms with van der Waals surface area (Å²) in [6.45, 7) is 4.81. The first-order valence-electron chi connectivity index (χ1n) is 6.77. The fourth-order valence-corrected chi connectivity index (χ4v) is 4.05. The van der Waals surface area contributed by atoms with E-state index in [4.69, 9.17) is 18.0 Å². The Morgan fingerprint density at radius 1 is 1.45 bits per heavy atom. The van der Waals surface area contributed by atoms with E-state index in [1.807, 2.05) is 13.8 Å². The Labute approximate surface area is 126 Å². The Bertz CT molecular complexity index is 622. The zero-order chi connectivity index (χ0) is 14.9. The quantitative estimate of drug-likeness (QED) is 0.817. The summed E-state index contributed by atoms with van der Waals surface area (Å²) in [4.78, 5) is 0.606. The minimum atomic E-state index is -3.42. The standard InChI is InChI=1S/C14H20N2O2S2/c1-3-16(9-11-4-5-11)20(17,18)12-6-7-13(14(15)19)10(2)8-12/h6-8,11H,3-5,9H2,1-2H3,(H2,15,19). The zero-order valence-electron chi connectivity index (χ0n) is 11.8. The molecule has 1 saturated carbocycles. The van der Waals surface area contributed by atoms with Gasteiger partial charge in [-0.05, 0) is 43.4 Å². The molecule has 6 heteroatoms. The van der Waals surface area contributed by atoms with Crippen molar-refractivity contribution in [1.29, 1.82) is 0 Å². The van der Waals surface area contributed by atoms with Crippen LogP contribution in [0.1, 0.15) is 30.9 Å². The lowest BCUT2D eigenvalue weighted by Crippen LogP contribution is -2.32. The second kappa shape index (κ2) is 5.79. The molecule has 20 heavy (non-hydrogen) atoms. The highest BCUT2D eigenvalue weighted by atomic mass is 32.2. The number of aryl methyl sites for hydroxylation is 1. The van der Waals surface area contributed by atoms with Gasteiger partial charge in [-0.15, -0.1) is 0 Å². The van der Waals surface area contributed by atoms with Crippen molar-refractivity contribution in [3.8, 4) is 0 Å². The molecule has 4 nitrogen and oxygen atoms in total. The second-order valence-corrected chi connectivity index (χ2v) is 7.62. The summed E-state index contributed by atoms with van der Waals surface area (Å²) in [6, 6.07) is 4.93. The molecule has 1 aliphatic rings. The van der Waals surface area contributed by atoms with Crippen LogP contribution in [0, 0.1) is 12.8 Å². The van der Waals surface area contributed by atoms with Crippen LogP contribution in [0.15, 0.2) is 23.1 Å². The molecule has 0 spiro atoms. The smallest absolute Gasteiger partial charge is 0.243 e. The molecule has 0 unspecified atom stereocenters. The summed E-state index contributed by atoms with van der Waals surface area (Å²) < 4.78 is 26.8. The molecular formula is C14H20N2O2S2. The lowest BCUT2D eigenvalue weighted by atomic mass is 10.1. The fourth-order valence-electron chi connectivity index (χ4n) is 2.21. The number of hydrogen-bond donors (Lipinski definition) is 1. The predicted molar refractivity (Wildman–Crippen MR) is 84.2 cm³/mol. The summed E-state index contributed by atoms with van der Waals surface area (Å²) in [5.74, 6) is 0.529. The Balaban J connectivity index is 2.32. The van der Waals surface area contributed by atoms with Crippen molar-refractivity contribution in [3.05, 3.63) is 29.3 Å². The van der Waals surface area contributed by atoms with Gasteiger partial charge in [-0.1, -0.05) is 25.2 Å². The first-order chi connectivity index (χ1) is 9.36. The van der Waals surface area contributed by atoms with E-state index in [-0.39, 0.29) is 4.99 Å². The van der Waals surface area contributed by atoms with Crippen LogP contribution >= 0.6 is 12.2 Å². The molecule has 110 valence electrons. The van der Waals surface area contributed by atoms with E-state index in [9.17, 15) is 8.42 Å². The SMILES string of the molecule is CCN(CC1CC1)S(=O)(=O)c1ccc(C(N)=S)c(C)c1. The Kier molecular flexibility index (Phi) is 4.46. The molecule has 0 aliphatic heterocycles. The van der Waals surface area contributed by atoms with Crippen LogP contribution in [0.25, 0.3) is 0 Å². The third kappa shape index (κ3) is 3.19. The van der Waals surface area contributed by atoms with Crippen LogP contribution < -0.4 is 5.73 Å². The van der Waals surface area contributed by atoms with Gasteiger partial charge in [-0.3, -0.25) is 0 Å². The van der Waals surface area contributed by atoms with Gasteiger partial charge in [-0.2, -0.15) is 4.31 Å². The normalized spacial score (nSPS) is 15.6. The molecule has 0 atom stereocenters. The van der Waals surface area contributed by atoms with Crippen molar-refractivity contribution in [3.63, 3.8) is 0 Å². The summed E-state index contributed by atoms with van der Waals surface area (Å²) in [6.07, 6.45) is 2.26. The van der Waals surface area contributed by atoms with Crippen molar-refractivity contribution < 1.29 is 8.42 Å². The Morgan fingerprint density at radius 2 is 2.10 bits per heavy atom. The highest BCUT2D eigenvalue weighted by Crippen LogP contribution is 2.31. The summed E-state index contributed by atoms with van der Waals surface area (Å²) in [7, 11) is -3.42. The number of rotatable bonds is 6. The van der Waals surface area contributed by atoms with E-state index in [1.165, 1.54) is 0 Å². The van der Waals surface area contributed by atoms with Crippen LogP contribution in [-0.4, -0.2) is 30.8 Å². The molecule has 0 heterocycles. The third-order valence-corrected chi connectivity index (χ3v) is 5.77. The summed E-state index contributed by atoms with van der Waals surface area (Å²) in [5, 5.41) is 0. The van der Waals surface area contributed by atoms with Crippen molar-refractivity contribution in [2.75, 3.05) is 13.1 Å². The van der Waals surface area contributed by atoms with Crippen LogP contribution in [0.2, 0.25) is 0 Å². The van der Waals surface area contributed by atoms with Crippen molar-refractivity contribution in [2.24, 2.45) is 11.7 Å². The van der Waals surface area contributed by atoms with Crippen LogP contribution in [0.3, 0.4) is 0 Å². The van der Waals surface area contributed by atoms with E-state index in [0.717, 1.165) is 24.0 Å². The van der Waals surface area contributed by atoms with Crippen LogP contribution in [0.5, 0.6) is 0 Å². The van der Waals surface area contributed by atoms with Gasteiger partial charge in [0.2, 0.25) is 10.0 Å². The monoisotopic (exact) mass is 312 g/mol. The highest BCUT2D eigenvalue weighted by molar-refractivity contribution is 7.89. The van der Waals surface area contributed by atoms with E-state index in [0.29, 0.717) is 23.9 Å². The molecular weight excluding hydrogens is 292 g/mol. The van der Waals surface area contributed by atoms with Gasteiger partial charge in [0, 0.05) is 18.7 Å². The predicted octanol–water partition coefficient (Wildman–Crippen LogP) is 2.05. The number of nitrogens with two attached hydrogens (primary N) is 1. The van der Waals surface area contributed by atoms with Crippen molar-refractivity contribution in [1.82, 2.24) is 4.31 Å². The minimum absolute atomic E-state index is 0.289. The van der Waals surface area contributed by atoms with Gasteiger partial charge in [0.25, 0.3) is 0 Å². The van der Waals surface area contributed by atoms with Gasteiger partial charge in [-0.25, -0.2) is 8.42 Å². The number of nitrogens with zero attached hydrogens (tertiary/aromatic N) is 1. The average molecular weight is 312 g/mol. The number of sulfonamides is 1. The van der Waals surface area contributed by atoms with E-state index < -0.39 is 10.0 Å². The molecule has 2 rings (SSSR count). The molecule has 0 radical (unpaired) electrons. The fraction of sp³-hybridized carbons (Fsp3) is 0.500. The molecule has 0 amide bonds. The van der Waals surface area contributed by atoms with E-state index >= 15 is 0 Å². The number of thiocarbonyl (C=S) groups is 1. The topological polar surface area (TPSA) is 63.4 Å². The maximum absolute atomic E-state index is 12.6. The number of hydrogen-bond acceptors (Lipinski definition) is 3. The maximum Gasteiger partial charge on any atom is 0.243 e. The maximum atomic E-state index is 12.6. The molecule has 1 aliphatic carbocycles. The lowest BCUT2D eigenvalue weighted by Gasteiger charge is -2.21. The lowest BCUT2D eigenvalue weighted by molar-refractivity contribution is 0.412. The van der Waals surface area contributed by atoms with Crippen LogP contribution in [0.4, 0.5) is 0 Å². The second-order valence-electron chi connectivity index (χ2n) is 5.24. The zero-order valence-corrected chi connectivity index (χ0v) is 13.4. The van der Waals surface area contributed by atoms with Gasteiger partial charge >= 0.3 is 0 Å². The Morgan fingerprint density at radius 3 is 2.55 bits per heavy atom. The first kappa shape index (κ1) is 15.4. The summed E-state index contributed by atoms with van der Waals surface area (Å²) in [5.41, 5.74) is 7.12. The molecule has 1 aromatic rings. The molecule has 0 bridgehead atoms. The number of benzene rings is 1. The first-order valence-corrected chi connectivity index (χ1v) is 8.61. The largest absolute Gasteiger partial charge is 0.389 e. The van der Waals surface area contributed by atoms with Crippen molar-refractivity contribution in [2.45, 2.75) is 31.6 Å². The minimum Gasteiger partial charge on any atom is -0.389 e. The van der Waals surface area contributed by atoms with Gasteiger partial charge < -0.3 is 5.73 Å². The van der Waals surface area contributed by atoms with Crippen LogP contribution in [-0.2, 0) is 10.0 Å². The summed E-state index contributed by atoms with van der Waals surface area (Å²) >= 11 is 4.94. The van der Waals surface area contributed by atoms with Gasteiger partial charge in [0.15, 0.2) is 0 Å². The van der Waals surface area contributed by atoms with E-state index in [1.54, 1.807) is 22.5 Å². The van der Waals surface area contributed by atoms with E-state index in [2.05, 4.69) is 0 Å². The molecule has 2 N–H and O–H groups in total. The molecule has 1 fully saturated rings. The third-order valence-electron chi connectivity index (χ3n) is 3.61.